The van der Waals surface area contributed by atoms with E-state index in [1.807, 2.05) is 6.92 Å². The maximum atomic E-state index is 12.2. The molecule has 1 heterocycles. The predicted molar refractivity (Wildman–Crippen MR) is 80.6 cm³/mol. The molecule has 1 aliphatic heterocycles. The minimum absolute atomic E-state index is 0.123. The molecule has 0 amide bonds. The van der Waals surface area contributed by atoms with Crippen LogP contribution in [0.15, 0.2) is 0 Å². The second-order valence-electron chi connectivity index (χ2n) is 6.85. The first-order valence-electron chi connectivity index (χ1n) is 8.08. The molecule has 116 valence electrons. The molecule has 2 aliphatic rings. The Balaban J connectivity index is 1.94. The molecule has 0 aromatic heterocycles. The standard InChI is InChI=1S/C16H30N2O2/c1-5-13-8-9-18(11-13)12(2)10-16(3,15(19)20-4)17-14-6-7-14/h12-14,17H,5-11H2,1-4H3. The number of methoxy groups -OCH3 is 1. The van der Waals surface area contributed by atoms with Gasteiger partial charge in [0.05, 0.1) is 7.11 Å². The molecule has 0 radical (unpaired) electrons. The molecular weight excluding hydrogens is 252 g/mol. The summed E-state index contributed by atoms with van der Waals surface area (Å²) in [6.45, 7) is 8.86. The Morgan fingerprint density at radius 1 is 1.45 bits per heavy atom. The van der Waals surface area contributed by atoms with E-state index in [1.54, 1.807) is 0 Å². The van der Waals surface area contributed by atoms with Crippen molar-refractivity contribution in [3.63, 3.8) is 0 Å². The number of carbonyl (C=O) groups excluding carboxylic acids is 1. The highest BCUT2D eigenvalue weighted by molar-refractivity contribution is 5.80. The molecule has 4 nitrogen and oxygen atoms in total. The number of hydrogen-bond acceptors (Lipinski definition) is 4. The molecule has 0 aromatic rings. The smallest absolute Gasteiger partial charge is 0.325 e. The van der Waals surface area contributed by atoms with Gasteiger partial charge in [-0.2, -0.15) is 0 Å². The molecule has 2 rings (SSSR count). The van der Waals surface area contributed by atoms with Crippen molar-refractivity contribution in [1.82, 2.24) is 10.2 Å². The van der Waals surface area contributed by atoms with Gasteiger partial charge in [0.15, 0.2) is 0 Å². The van der Waals surface area contributed by atoms with Gasteiger partial charge in [-0.3, -0.25) is 10.1 Å². The van der Waals surface area contributed by atoms with Gasteiger partial charge in [-0.05, 0) is 52.0 Å². The Morgan fingerprint density at radius 3 is 2.65 bits per heavy atom. The van der Waals surface area contributed by atoms with Crippen molar-refractivity contribution in [2.75, 3.05) is 20.2 Å². The number of hydrogen-bond donors (Lipinski definition) is 1. The summed E-state index contributed by atoms with van der Waals surface area (Å²) in [5.74, 6) is 0.709. The molecule has 3 unspecified atom stereocenters. The monoisotopic (exact) mass is 282 g/mol. The summed E-state index contributed by atoms with van der Waals surface area (Å²) in [7, 11) is 1.49. The van der Waals surface area contributed by atoms with Crippen molar-refractivity contribution >= 4 is 5.97 Å². The molecule has 1 aliphatic carbocycles. The summed E-state index contributed by atoms with van der Waals surface area (Å²) < 4.78 is 5.03. The van der Waals surface area contributed by atoms with Crippen molar-refractivity contribution < 1.29 is 9.53 Å². The van der Waals surface area contributed by atoms with Crippen LogP contribution >= 0.6 is 0 Å². The first-order chi connectivity index (χ1) is 9.48. The summed E-state index contributed by atoms with van der Waals surface area (Å²) in [6, 6.07) is 0.926. The topological polar surface area (TPSA) is 41.6 Å². The van der Waals surface area contributed by atoms with Crippen molar-refractivity contribution in [3.8, 4) is 0 Å². The summed E-state index contributed by atoms with van der Waals surface area (Å²) in [5, 5.41) is 3.50. The molecule has 0 spiro atoms. The van der Waals surface area contributed by atoms with Crippen LogP contribution in [0.1, 0.15) is 52.9 Å². The van der Waals surface area contributed by atoms with Crippen LogP contribution in [-0.4, -0.2) is 48.7 Å². The number of likely N-dealkylation sites (tertiary alicyclic amines) is 1. The Bertz CT molecular complexity index is 343. The normalized spacial score (nSPS) is 28.1. The van der Waals surface area contributed by atoms with Crippen molar-refractivity contribution in [3.05, 3.63) is 0 Å². The zero-order valence-corrected chi connectivity index (χ0v) is 13.4. The van der Waals surface area contributed by atoms with E-state index >= 15 is 0 Å². The molecule has 4 heteroatoms. The molecule has 3 atom stereocenters. The lowest BCUT2D eigenvalue weighted by Crippen LogP contribution is -2.54. The summed E-state index contributed by atoms with van der Waals surface area (Å²) >= 11 is 0. The van der Waals surface area contributed by atoms with E-state index in [4.69, 9.17) is 4.74 Å². The third kappa shape index (κ3) is 3.73. The Morgan fingerprint density at radius 2 is 2.15 bits per heavy atom. The highest BCUT2D eigenvalue weighted by Crippen LogP contribution is 2.29. The molecule has 1 N–H and O–H groups in total. The van der Waals surface area contributed by atoms with Crippen molar-refractivity contribution in [2.24, 2.45) is 5.92 Å². The van der Waals surface area contributed by atoms with Gasteiger partial charge in [0.25, 0.3) is 0 Å². The molecule has 1 saturated carbocycles. The zero-order valence-electron chi connectivity index (χ0n) is 13.4. The lowest BCUT2D eigenvalue weighted by molar-refractivity contribution is -0.149. The van der Waals surface area contributed by atoms with Gasteiger partial charge < -0.3 is 9.64 Å². The highest BCUT2D eigenvalue weighted by Gasteiger charge is 2.41. The third-order valence-corrected chi connectivity index (χ3v) is 4.96. The first-order valence-corrected chi connectivity index (χ1v) is 8.08. The third-order valence-electron chi connectivity index (χ3n) is 4.96. The largest absolute Gasteiger partial charge is 0.468 e. The van der Waals surface area contributed by atoms with E-state index in [1.165, 1.54) is 45.9 Å². The summed E-state index contributed by atoms with van der Waals surface area (Å²) in [6.07, 6.45) is 5.75. The lowest BCUT2D eigenvalue weighted by Gasteiger charge is -2.34. The van der Waals surface area contributed by atoms with Crippen LogP contribution in [0.5, 0.6) is 0 Å². The summed E-state index contributed by atoms with van der Waals surface area (Å²) in [5.41, 5.74) is -0.542. The van der Waals surface area contributed by atoms with Crippen LogP contribution in [0.25, 0.3) is 0 Å². The van der Waals surface area contributed by atoms with Crippen LogP contribution in [-0.2, 0) is 9.53 Å². The fourth-order valence-corrected chi connectivity index (χ4v) is 3.42. The first kappa shape index (κ1) is 15.8. The molecule has 20 heavy (non-hydrogen) atoms. The number of carbonyl (C=O) groups is 1. The van der Waals surface area contributed by atoms with Gasteiger partial charge in [-0.15, -0.1) is 0 Å². The molecular formula is C16H30N2O2. The summed E-state index contributed by atoms with van der Waals surface area (Å²) in [4.78, 5) is 14.7. The van der Waals surface area contributed by atoms with E-state index in [0.717, 1.165) is 12.3 Å². The average molecular weight is 282 g/mol. The molecule has 1 saturated heterocycles. The van der Waals surface area contributed by atoms with E-state index in [-0.39, 0.29) is 5.97 Å². The van der Waals surface area contributed by atoms with Gasteiger partial charge in [0.2, 0.25) is 0 Å². The average Bonchev–Trinajstić information content (AvgIpc) is 3.09. The quantitative estimate of drug-likeness (QED) is 0.727. The van der Waals surface area contributed by atoms with Gasteiger partial charge in [0, 0.05) is 18.6 Å². The number of rotatable bonds is 7. The van der Waals surface area contributed by atoms with Gasteiger partial charge in [0.1, 0.15) is 5.54 Å². The van der Waals surface area contributed by atoms with E-state index in [0.29, 0.717) is 12.1 Å². The maximum absolute atomic E-state index is 12.2. The van der Waals surface area contributed by atoms with Crippen molar-refractivity contribution in [2.45, 2.75) is 70.5 Å². The van der Waals surface area contributed by atoms with Crippen LogP contribution in [0.3, 0.4) is 0 Å². The van der Waals surface area contributed by atoms with Crippen LogP contribution in [0, 0.1) is 5.92 Å². The van der Waals surface area contributed by atoms with Crippen LogP contribution in [0.2, 0.25) is 0 Å². The van der Waals surface area contributed by atoms with E-state index in [9.17, 15) is 4.79 Å². The van der Waals surface area contributed by atoms with Crippen LogP contribution < -0.4 is 5.32 Å². The van der Waals surface area contributed by atoms with E-state index in [2.05, 4.69) is 24.1 Å². The second kappa shape index (κ2) is 6.44. The Kier molecular flexibility index (Phi) is 5.08. The fourth-order valence-electron chi connectivity index (χ4n) is 3.42. The Labute approximate surface area is 123 Å². The van der Waals surface area contributed by atoms with Gasteiger partial charge >= 0.3 is 5.97 Å². The maximum Gasteiger partial charge on any atom is 0.325 e. The second-order valence-corrected chi connectivity index (χ2v) is 6.85. The number of esters is 1. The molecule has 0 aromatic carbocycles. The SMILES string of the molecule is CCC1CCN(C(C)CC(C)(NC2CC2)C(=O)OC)C1. The molecule has 2 fully saturated rings. The molecule has 0 bridgehead atoms. The number of ether oxygens (including phenoxy) is 1. The highest BCUT2D eigenvalue weighted by atomic mass is 16.5. The van der Waals surface area contributed by atoms with Crippen molar-refractivity contribution in [1.29, 1.82) is 0 Å². The van der Waals surface area contributed by atoms with E-state index < -0.39 is 5.54 Å². The Hall–Kier alpha value is -0.610. The minimum atomic E-state index is -0.542. The minimum Gasteiger partial charge on any atom is -0.468 e. The predicted octanol–water partition coefficient (Wildman–Crippen LogP) is 2.18. The van der Waals surface area contributed by atoms with Gasteiger partial charge in [-0.1, -0.05) is 13.3 Å². The lowest BCUT2D eigenvalue weighted by atomic mass is 9.92. The van der Waals surface area contributed by atoms with Gasteiger partial charge in [-0.25, -0.2) is 0 Å². The fraction of sp³-hybridized carbons (Fsp3) is 0.938. The number of nitrogens with one attached hydrogen (secondary N) is 1. The van der Waals surface area contributed by atoms with Crippen LogP contribution in [0.4, 0.5) is 0 Å². The number of nitrogens with zero attached hydrogens (tertiary/aromatic N) is 1. The zero-order chi connectivity index (χ0) is 14.8.